The van der Waals surface area contributed by atoms with Crippen LogP contribution in [0.4, 0.5) is 0 Å². The Labute approximate surface area is 193 Å². The molecule has 0 N–H and O–H groups in total. The van der Waals surface area contributed by atoms with E-state index in [0.29, 0.717) is 32.2 Å². The zero-order valence-electron chi connectivity index (χ0n) is 16.8. The molecular weight excluding hydrogens is 454 g/mol. The summed E-state index contributed by atoms with van der Waals surface area (Å²) >= 11 is 12.6. The number of amides is 1. The van der Waals surface area contributed by atoms with Gasteiger partial charge in [0.25, 0.3) is 11.5 Å². The molecule has 0 aliphatic carbocycles. The molecule has 0 saturated carbocycles. The average Bonchev–Trinajstić information content (AvgIpc) is 3.01. The van der Waals surface area contributed by atoms with E-state index < -0.39 is 0 Å². The van der Waals surface area contributed by atoms with Gasteiger partial charge in [-0.15, -0.1) is 0 Å². The summed E-state index contributed by atoms with van der Waals surface area (Å²) in [4.78, 5) is 32.5. The van der Waals surface area contributed by atoms with Crippen molar-refractivity contribution in [3.05, 3.63) is 74.0 Å². The standard InChI is InChI=1S/C22H18ClN3O3S2/c1-3-9-26-21(28)17(31-22(26)30)12-15-19(29-14-7-8-16(23)13(2)11-14)24-18-6-4-5-10-25(18)20(15)27/h4-8,10-12H,3,9H2,1-2H3/b17-12+. The van der Waals surface area contributed by atoms with Crippen molar-refractivity contribution in [1.82, 2.24) is 14.3 Å². The molecule has 9 heteroatoms. The molecule has 1 saturated heterocycles. The summed E-state index contributed by atoms with van der Waals surface area (Å²) in [5.41, 5.74) is 1.10. The Morgan fingerprint density at radius 2 is 2.06 bits per heavy atom. The molecule has 1 amide bonds. The van der Waals surface area contributed by atoms with Gasteiger partial charge in [-0.05, 0) is 55.3 Å². The van der Waals surface area contributed by atoms with Crippen LogP contribution >= 0.6 is 35.6 Å². The molecule has 0 atom stereocenters. The number of thiocarbonyl (C=S) groups is 1. The Balaban J connectivity index is 1.85. The molecule has 1 aromatic carbocycles. The summed E-state index contributed by atoms with van der Waals surface area (Å²) in [5, 5.41) is 0.610. The lowest BCUT2D eigenvalue weighted by Gasteiger charge is -2.12. The largest absolute Gasteiger partial charge is 0.438 e. The van der Waals surface area contributed by atoms with Crippen molar-refractivity contribution in [1.29, 1.82) is 0 Å². The quantitative estimate of drug-likeness (QED) is 0.383. The smallest absolute Gasteiger partial charge is 0.269 e. The summed E-state index contributed by atoms with van der Waals surface area (Å²) < 4.78 is 7.88. The SMILES string of the molecule is CCCN1C(=O)/C(=C\c2c(Oc3ccc(Cl)c(C)c3)nc3ccccn3c2=O)SC1=S. The van der Waals surface area contributed by atoms with E-state index in [-0.39, 0.29) is 22.9 Å². The van der Waals surface area contributed by atoms with Gasteiger partial charge in [0.2, 0.25) is 5.88 Å². The van der Waals surface area contributed by atoms with E-state index in [1.807, 2.05) is 13.8 Å². The highest BCUT2D eigenvalue weighted by atomic mass is 35.5. The van der Waals surface area contributed by atoms with Gasteiger partial charge in [0, 0.05) is 17.8 Å². The third-order valence-corrected chi connectivity index (χ3v) is 6.48. The number of pyridine rings is 1. The second kappa shape index (κ2) is 8.82. The summed E-state index contributed by atoms with van der Waals surface area (Å²) in [6.45, 7) is 4.37. The Kier molecular flexibility index (Phi) is 6.13. The zero-order valence-corrected chi connectivity index (χ0v) is 19.2. The molecular formula is C22H18ClN3O3S2. The maximum absolute atomic E-state index is 13.3. The van der Waals surface area contributed by atoms with Crippen LogP contribution in [0, 0.1) is 6.92 Å². The van der Waals surface area contributed by atoms with E-state index in [1.54, 1.807) is 47.5 Å². The molecule has 4 rings (SSSR count). The lowest BCUT2D eigenvalue weighted by atomic mass is 10.2. The summed E-state index contributed by atoms with van der Waals surface area (Å²) in [6, 6.07) is 10.4. The van der Waals surface area contributed by atoms with Crippen LogP contribution in [-0.2, 0) is 4.79 Å². The minimum absolute atomic E-state index is 0.110. The number of aromatic nitrogens is 2. The highest BCUT2D eigenvalue weighted by Gasteiger charge is 2.32. The monoisotopic (exact) mass is 471 g/mol. The van der Waals surface area contributed by atoms with Gasteiger partial charge in [-0.1, -0.05) is 48.6 Å². The summed E-state index contributed by atoms with van der Waals surface area (Å²) in [6.07, 6.45) is 3.92. The number of fused-ring (bicyclic) bond motifs is 1. The predicted octanol–water partition coefficient (Wildman–Crippen LogP) is 5.06. The minimum Gasteiger partial charge on any atom is -0.438 e. The first-order valence-corrected chi connectivity index (χ1v) is 11.2. The third-order valence-electron chi connectivity index (χ3n) is 4.67. The van der Waals surface area contributed by atoms with Crippen LogP contribution in [0.15, 0.2) is 52.3 Å². The number of carbonyl (C=O) groups excluding carboxylic acids is 1. The molecule has 1 fully saturated rings. The second-order valence-electron chi connectivity index (χ2n) is 6.91. The molecule has 2 aromatic heterocycles. The number of ether oxygens (including phenoxy) is 1. The Morgan fingerprint density at radius 3 is 2.81 bits per heavy atom. The van der Waals surface area contributed by atoms with Crippen molar-refractivity contribution in [3.63, 3.8) is 0 Å². The number of thioether (sulfide) groups is 1. The predicted molar refractivity (Wildman–Crippen MR) is 128 cm³/mol. The lowest BCUT2D eigenvalue weighted by molar-refractivity contribution is -0.122. The first-order chi connectivity index (χ1) is 14.9. The van der Waals surface area contributed by atoms with E-state index in [2.05, 4.69) is 4.98 Å². The molecule has 3 heterocycles. The number of benzene rings is 1. The average molecular weight is 472 g/mol. The number of rotatable bonds is 5. The Morgan fingerprint density at radius 1 is 1.26 bits per heavy atom. The van der Waals surface area contributed by atoms with Crippen molar-refractivity contribution in [3.8, 4) is 11.6 Å². The molecule has 1 aliphatic heterocycles. The number of carbonyl (C=O) groups is 1. The van der Waals surface area contributed by atoms with E-state index >= 15 is 0 Å². The van der Waals surface area contributed by atoms with Gasteiger partial charge in [-0.25, -0.2) is 0 Å². The number of aryl methyl sites for hydroxylation is 1. The van der Waals surface area contributed by atoms with E-state index in [9.17, 15) is 9.59 Å². The molecule has 6 nitrogen and oxygen atoms in total. The van der Waals surface area contributed by atoms with E-state index in [1.165, 1.54) is 22.2 Å². The molecule has 0 spiro atoms. The molecule has 0 unspecified atom stereocenters. The molecule has 0 bridgehead atoms. The molecule has 158 valence electrons. The zero-order chi connectivity index (χ0) is 22.1. The van der Waals surface area contributed by atoms with Crippen LogP contribution in [0.25, 0.3) is 11.7 Å². The van der Waals surface area contributed by atoms with Gasteiger partial charge in [-0.2, -0.15) is 4.98 Å². The van der Waals surface area contributed by atoms with Crippen LogP contribution < -0.4 is 10.3 Å². The summed E-state index contributed by atoms with van der Waals surface area (Å²) in [7, 11) is 0. The van der Waals surface area contributed by atoms with Gasteiger partial charge in [-0.3, -0.25) is 18.9 Å². The number of hydrogen-bond donors (Lipinski definition) is 0. The Bertz CT molecular complexity index is 1300. The second-order valence-corrected chi connectivity index (χ2v) is 8.99. The van der Waals surface area contributed by atoms with Crippen LogP contribution in [0.1, 0.15) is 24.5 Å². The van der Waals surface area contributed by atoms with Crippen LogP contribution in [0.2, 0.25) is 5.02 Å². The van der Waals surface area contributed by atoms with Crippen molar-refractivity contribution in [2.45, 2.75) is 20.3 Å². The fraction of sp³-hybridized carbons (Fsp3) is 0.182. The number of hydrogen-bond acceptors (Lipinski definition) is 6. The van der Waals surface area contributed by atoms with Gasteiger partial charge in [0.05, 0.1) is 4.91 Å². The number of halogens is 1. The molecule has 31 heavy (non-hydrogen) atoms. The van der Waals surface area contributed by atoms with Gasteiger partial charge in [0.1, 0.15) is 21.3 Å². The van der Waals surface area contributed by atoms with Gasteiger partial charge in [0.15, 0.2) is 0 Å². The van der Waals surface area contributed by atoms with Gasteiger partial charge >= 0.3 is 0 Å². The van der Waals surface area contributed by atoms with Crippen LogP contribution in [0.3, 0.4) is 0 Å². The van der Waals surface area contributed by atoms with Crippen molar-refractivity contribution >= 4 is 57.5 Å². The van der Waals surface area contributed by atoms with Crippen molar-refractivity contribution in [2.24, 2.45) is 0 Å². The van der Waals surface area contributed by atoms with Gasteiger partial charge < -0.3 is 4.74 Å². The van der Waals surface area contributed by atoms with E-state index in [0.717, 1.165) is 12.0 Å². The van der Waals surface area contributed by atoms with E-state index in [4.69, 9.17) is 28.6 Å². The van der Waals surface area contributed by atoms with Crippen molar-refractivity contribution < 1.29 is 9.53 Å². The third kappa shape index (κ3) is 4.23. The highest BCUT2D eigenvalue weighted by Crippen LogP contribution is 2.34. The van der Waals surface area contributed by atoms with Crippen molar-refractivity contribution in [2.75, 3.05) is 6.54 Å². The molecule has 3 aromatic rings. The summed E-state index contributed by atoms with van der Waals surface area (Å²) in [5.74, 6) is 0.378. The maximum atomic E-state index is 13.3. The highest BCUT2D eigenvalue weighted by molar-refractivity contribution is 8.26. The van der Waals surface area contributed by atoms with Crippen LogP contribution in [-0.4, -0.2) is 31.1 Å². The number of nitrogens with zero attached hydrogens (tertiary/aromatic N) is 3. The Hall–Kier alpha value is -2.68. The fourth-order valence-corrected chi connectivity index (χ4v) is 4.53. The normalized spacial score (nSPS) is 15.3. The lowest BCUT2D eigenvalue weighted by Crippen LogP contribution is -2.28. The topological polar surface area (TPSA) is 63.9 Å². The minimum atomic E-state index is -0.341. The molecule has 0 radical (unpaired) electrons. The first-order valence-electron chi connectivity index (χ1n) is 9.60. The maximum Gasteiger partial charge on any atom is 0.269 e. The van der Waals surface area contributed by atoms with Crippen LogP contribution in [0.5, 0.6) is 11.6 Å². The first kappa shape index (κ1) is 21.5. The molecule has 1 aliphatic rings. The fourth-order valence-electron chi connectivity index (χ4n) is 3.12.